The van der Waals surface area contributed by atoms with Gasteiger partial charge in [0.15, 0.2) is 5.82 Å². The number of benzene rings is 2. The summed E-state index contributed by atoms with van der Waals surface area (Å²) in [7, 11) is 0. The summed E-state index contributed by atoms with van der Waals surface area (Å²) in [5, 5.41) is 4.65. The largest absolute Gasteiger partial charge is 0.368 e. The number of nitrogens with zero attached hydrogens (tertiary/aromatic N) is 3. The zero-order valence-electron chi connectivity index (χ0n) is 10.9. The Kier molecular flexibility index (Phi) is 3.41. The second kappa shape index (κ2) is 5.38. The van der Waals surface area contributed by atoms with Crippen molar-refractivity contribution in [2.24, 2.45) is 0 Å². The standard InChI is InChI=1S/C15H11ClN4O/c16-12-8-4-7-11(9-12)14(21)20-15(17)18-13(19-20)10-5-2-1-3-6-10/h1-9H,(H2,17,18,19). The van der Waals surface area contributed by atoms with Gasteiger partial charge in [-0.1, -0.05) is 48.0 Å². The molecule has 1 heterocycles. The zero-order chi connectivity index (χ0) is 14.8. The van der Waals surface area contributed by atoms with Crippen molar-refractivity contribution in [3.05, 3.63) is 65.2 Å². The summed E-state index contributed by atoms with van der Waals surface area (Å²) >= 11 is 5.89. The number of aromatic nitrogens is 3. The molecule has 5 nitrogen and oxygen atoms in total. The van der Waals surface area contributed by atoms with Crippen LogP contribution in [0.15, 0.2) is 54.6 Å². The van der Waals surface area contributed by atoms with Crippen LogP contribution in [0.4, 0.5) is 5.95 Å². The average molecular weight is 299 g/mol. The average Bonchev–Trinajstić information content (AvgIpc) is 2.89. The maximum Gasteiger partial charge on any atom is 0.281 e. The molecule has 21 heavy (non-hydrogen) atoms. The van der Waals surface area contributed by atoms with E-state index in [1.165, 1.54) is 0 Å². The van der Waals surface area contributed by atoms with Gasteiger partial charge < -0.3 is 5.73 Å². The first-order valence-corrected chi connectivity index (χ1v) is 6.61. The van der Waals surface area contributed by atoms with Crippen molar-refractivity contribution in [2.75, 3.05) is 5.73 Å². The molecular formula is C15H11ClN4O. The highest BCUT2D eigenvalue weighted by atomic mass is 35.5. The van der Waals surface area contributed by atoms with Crippen molar-refractivity contribution in [3.63, 3.8) is 0 Å². The molecule has 1 aromatic heterocycles. The van der Waals surface area contributed by atoms with Gasteiger partial charge in [0, 0.05) is 16.1 Å². The van der Waals surface area contributed by atoms with Gasteiger partial charge in [-0.25, -0.2) is 0 Å². The molecule has 0 aliphatic heterocycles. The third kappa shape index (κ3) is 2.64. The Morgan fingerprint density at radius 2 is 1.86 bits per heavy atom. The SMILES string of the molecule is Nc1nc(-c2ccccc2)nn1C(=O)c1cccc(Cl)c1. The van der Waals surface area contributed by atoms with Crippen molar-refractivity contribution in [1.29, 1.82) is 0 Å². The van der Waals surface area contributed by atoms with E-state index in [0.29, 0.717) is 16.4 Å². The van der Waals surface area contributed by atoms with Gasteiger partial charge in [0.1, 0.15) is 0 Å². The number of nitrogens with two attached hydrogens (primary N) is 1. The number of halogens is 1. The molecule has 2 N–H and O–H groups in total. The quantitative estimate of drug-likeness (QED) is 0.789. The lowest BCUT2D eigenvalue weighted by Gasteiger charge is -2.01. The summed E-state index contributed by atoms with van der Waals surface area (Å²) in [5.41, 5.74) is 6.99. The predicted octanol–water partition coefficient (Wildman–Crippen LogP) is 2.87. The molecule has 6 heteroatoms. The van der Waals surface area contributed by atoms with Crippen LogP contribution in [-0.4, -0.2) is 20.7 Å². The summed E-state index contributed by atoms with van der Waals surface area (Å²) in [6, 6.07) is 15.9. The van der Waals surface area contributed by atoms with Crippen molar-refractivity contribution >= 4 is 23.5 Å². The Labute approximate surface area is 126 Å². The number of rotatable bonds is 2. The highest BCUT2D eigenvalue weighted by molar-refractivity contribution is 6.31. The van der Waals surface area contributed by atoms with E-state index in [4.69, 9.17) is 17.3 Å². The predicted molar refractivity (Wildman–Crippen MR) is 81.1 cm³/mol. The number of nitrogen functional groups attached to an aromatic ring is 1. The van der Waals surface area contributed by atoms with Gasteiger partial charge in [-0.2, -0.15) is 9.67 Å². The first-order valence-electron chi connectivity index (χ1n) is 6.23. The third-order valence-electron chi connectivity index (χ3n) is 2.93. The second-order valence-electron chi connectivity index (χ2n) is 4.39. The number of hydrogen-bond acceptors (Lipinski definition) is 4. The zero-order valence-corrected chi connectivity index (χ0v) is 11.7. The van der Waals surface area contributed by atoms with Crippen molar-refractivity contribution in [3.8, 4) is 11.4 Å². The van der Waals surface area contributed by atoms with Gasteiger partial charge >= 0.3 is 0 Å². The molecule has 0 aliphatic rings. The van der Waals surface area contributed by atoms with E-state index >= 15 is 0 Å². The van der Waals surface area contributed by atoms with Crippen LogP contribution in [0, 0.1) is 0 Å². The highest BCUT2D eigenvalue weighted by Crippen LogP contribution is 2.18. The van der Waals surface area contributed by atoms with Gasteiger partial charge in [-0.3, -0.25) is 4.79 Å². The van der Waals surface area contributed by atoms with Gasteiger partial charge in [-0.15, -0.1) is 5.10 Å². The van der Waals surface area contributed by atoms with Crippen molar-refractivity contribution in [2.45, 2.75) is 0 Å². The van der Waals surface area contributed by atoms with Crippen LogP contribution >= 0.6 is 11.6 Å². The lowest BCUT2D eigenvalue weighted by Crippen LogP contribution is -2.16. The molecule has 3 aromatic rings. The first-order chi connectivity index (χ1) is 10.1. The normalized spacial score (nSPS) is 10.5. The topological polar surface area (TPSA) is 73.8 Å². The number of carbonyl (C=O) groups is 1. The van der Waals surface area contributed by atoms with E-state index in [1.807, 2.05) is 30.3 Å². The highest BCUT2D eigenvalue weighted by Gasteiger charge is 2.16. The van der Waals surface area contributed by atoms with Gasteiger partial charge in [0.25, 0.3) is 5.91 Å². The second-order valence-corrected chi connectivity index (χ2v) is 4.82. The fraction of sp³-hybridized carbons (Fsp3) is 0. The molecule has 3 rings (SSSR count). The lowest BCUT2D eigenvalue weighted by molar-refractivity contribution is 0.0948. The fourth-order valence-electron chi connectivity index (χ4n) is 1.93. The van der Waals surface area contributed by atoms with Crippen LogP contribution in [0.1, 0.15) is 10.4 Å². The summed E-state index contributed by atoms with van der Waals surface area (Å²) in [6.07, 6.45) is 0. The maximum atomic E-state index is 12.4. The molecular weight excluding hydrogens is 288 g/mol. The van der Waals surface area contributed by atoms with E-state index in [9.17, 15) is 4.79 Å². The molecule has 0 aliphatic carbocycles. The minimum absolute atomic E-state index is 0.0406. The summed E-state index contributed by atoms with van der Waals surface area (Å²) < 4.78 is 1.08. The third-order valence-corrected chi connectivity index (χ3v) is 3.16. The smallest absolute Gasteiger partial charge is 0.281 e. The molecule has 0 atom stereocenters. The lowest BCUT2D eigenvalue weighted by atomic mass is 10.2. The van der Waals surface area contributed by atoms with E-state index in [-0.39, 0.29) is 11.9 Å². The number of anilines is 1. The number of carbonyl (C=O) groups excluding carboxylic acids is 1. The molecule has 0 bridgehead atoms. The van der Waals surface area contributed by atoms with Crippen LogP contribution < -0.4 is 5.73 Å². The molecule has 0 radical (unpaired) electrons. The number of hydrogen-bond donors (Lipinski definition) is 1. The summed E-state index contributed by atoms with van der Waals surface area (Å²) in [6.45, 7) is 0. The Morgan fingerprint density at radius 1 is 1.10 bits per heavy atom. The first kappa shape index (κ1) is 13.3. The molecule has 0 amide bonds. The van der Waals surface area contributed by atoms with Crippen LogP contribution in [0.25, 0.3) is 11.4 Å². The maximum absolute atomic E-state index is 12.4. The van der Waals surface area contributed by atoms with Crippen LogP contribution in [0.2, 0.25) is 5.02 Å². The van der Waals surface area contributed by atoms with Crippen LogP contribution in [-0.2, 0) is 0 Å². The summed E-state index contributed by atoms with van der Waals surface area (Å²) in [4.78, 5) is 16.5. The molecule has 2 aromatic carbocycles. The minimum Gasteiger partial charge on any atom is -0.368 e. The Morgan fingerprint density at radius 3 is 2.57 bits per heavy atom. The van der Waals surface area contributed by atoms with Crippen LogP contribution in [0.5, 0.6) is 0 Å². The van der Waals surface area contributed by atoms with E-state index in [2.05, 4.69) is 10.1 Å². The van der Waals surface area contributed by atoms with E-state index in [0.717, 1.165) is 10.2 Å². The van der Waals surface area contributed by atoms with Gasteiger partial charge in [-0.05, 0) is 18.2 Å². The molecule has 0 saturated heterocycles. The molecule has 0 unspecified atom stereocenters. The minimum atomic E-state index is -0.371. The Bertz CT molecular complexity index is 798. The monoisotopic (exact) mass is 298 g/mol. The van der Waals surface area contributed by atoms with Crippen molar-refractivity contribution in [1.82, 2.24) is 14.8 Å². The molecule has 0 fully saturated rings. The van der Waals surface area contributed by atoms with Crippen molar-refractivity contribution < 1.29 is 4.79 Å². The van der Waals surface area contributed by atoms with Gasteiger partial charge in [0.05, 0.1) is 0 Å². The van der Waals surface area contributed by atoms with E-state index < -0.39 is 0 Å². The van der Waals surface area contributed by atoms with E-state index in [1.54, 1.807) is 24.3 Å². The Hall–Kier alpha value is -2.66. The molecule has 104 valence electrons. The van der Waals surface area contributed by atoms with Crippen LogP contribution in [0.3, 0.4) is 0 Å². The molecule has 0 spiro atoms. The Balaban J connectivity index is 2.00. The summed E-state index contributed by atoms with van der Waals surface area (Å²) in [5.74, 6) is 0.0759. The molecule has 0 saturated carbocycles. The van der Waals surface area contributed by atoms with Gasteiger partial charge in [0.2, 0.25) is 5.95 Å². The fourth-order valence-corrected chi connectivity index (χ4v) is 2.12.